The van der Waals surface area contributed by atoms with Crippen LogP contribution in [0.4, 0.5) is 0 Å². The molecule has 118 valence electrons. The second kappa shape index (κ2) is 5.94. The fourth-order valence-electron chi connectivity index (χ4n) is 2.85. The molecule has 0 aromatic heterocycles. The van der Waals surface area contributed by atoms with E-state index in [0.29, 0.717) is 5.92 Å². The fraction of sp³-hybridized carbons (Fsp3) is 0.882. The highest BCUT2D eigenvalue weighted by Crippen LogP contribution is 2.45. The first-order valence-electron chi connectivity index (χ1n) is 7.89. The summed E-state index contributed by atoms with van der Waals surface area (Å²) in [5, 5.41) is 10.5. The molecule has 0 unspecified atom stereocenters. The number of hydrogen-bond donors (Lipinski definition) is 1. The van der Waals surface area contributed by atoms with Crippen LogP contribution in [0.25, 0.3) is 0 Å². The van der Waals surface area contributed by atoms with E-state index in [1.54, 1.807) is 0 Å². The van der Waals surface area contributed by atoms with Crippen LogP contribution in [0.3, 0.4) is 0 Å². The second-order valence-electron chi connectivity index (χ2n) is 8.48. The lowest BCUT2D eigenvalue weighted by atomic mass is 9.64. The summed E-state index contributed by atoms with van der Waals surface area (Å²) in [6.45, 7) is 20.8. The highest BCUT2D eigenvalue weighted by atomic mass is 28.4. The molecule has 1 rings (SSSR count). The van der Waals surface area contributed by atoms with Gasteiger partial charge in [0.25, 0.3) is 0 Å². The Balaban J connectivity index is 2.62. The van der Waals surface area contributed by atoms with E-state index < -0.39 is 8.32 Å². The maximum Gasteiger partial charge on any atom is 0.191 e. The third-order valence-electron chi connectivity index (χ3n) is 5.66. The summed E-state index contributed by atoms with van der Waals surface area (Å²) in [5.74, 6) is 0.371. The smallest absolute Gasteiger partial charge is 0.191 e. The molecular weight excluding hydrogens is 264 g/mol. The molecule has 0 heterocycles. The largest absolute Gasteiger partial charge is 0.417 e. The summed E-state index contributed by atoms with van der Waals surface area (Å²) < 4.78 is 6.29. The predicted octanol–water partition coefficient (Wildman–Crippen LogP) is 4.75. The molecule has 1 saturated carbocycles. The van der Waals surface area contributed by atoms with Gasteiger partial charge < -0.3 is 9.53 Å². The van der Waals surface area contributed by atoms with Crippen molar-refractivity contribution < 1.29 is 9.53 Å². The SMILES string of the molecule is C=C1CC[C@H](O)C(C)(C)[C@@H]1CCO[Si](C)(C)C(C)(C)C. The quantitative estimate of drug-likeness (QED) is 0.599. The van der Waals surface area contributed by atoms with Crippen LogP contribution in [-0.2, 0) is 4.43 Å². The van der Waals surface area contributed by atoms with E-state index in [2.05, 4.69) is 54.3 Å². The van der Waals surface area contributed by atoms with Crippen LogP contribution in [0, 0.1) is 11.3 Å². The Morgan fingerprint density at radius 1 is 1.35 bits per heavy atom. The van der Waals surface area contributed by atoms with Gasteiger partial charge in [0.05, 0.1) is 6.10 Å². The molecule has 1 fully saturated rings. The summed E-state index contributed by atoms with van der Waals surface area (Å²) in [5.41, 5.74) is 1.21. The van der Waals surface area contributed by atoms with Crippen LogP contribution in [0.1, 0.15) is 53.9 Å². The highest BCUT2D eigenvalue weighted by molar-refractivity contribution is 6.74. The monoisotopic (exact) mass is 298 g/mol. The Morgan fingerprint density at radius 2 is 1.90 bits per heavy atom. The maximum atomic E-state index is 10.2. The molecule has 1 aliphatic rings. The summed E-state index contributed by atoms with van der Waals surface area (Å²) in [7, 11) is -1.67. The Morgan fingerprint density at radius 3 is 2.40 bits per heavy atom. The van der Waals surface area contributed by atoms with Crippen molar-refractivity contribution >= 4 is 8.32 Å². The zero-order valence-corrected chi connectivity index (χ0v) is 15.5. The molecule has 0 aliphatic heterocycles. The summed E-state index contributed by atoms with van der Waals surface area (Å²) in [4.78, 5) is 0. The van der Waals surface area contributed by atoms with E-state index in [-0.39, 0.29) is 16.6 Å². The molecular formula is C17H34O2Si. The first kappa shape index (κ1) is 17.9. The molecule has 2 nitrogen and oxygen atoms in total. The fourth-order valence-corrected chi connectivity index (χ4v) is 3.91. The van der Waals surface area contributed by atoms with Crippen molar-refractivity contribution in [1.29, 1.82) is 0 Å². The average Bonchev–Trinajstić information content (AvgIpc) is 2.27. The van der Waals surface area contributed by atoms with Crippen molar-refractivity contribution in [1.82, 2.24) is 0 Å². The van der Waals surface area contributed by atoms with Gasteiger partial charge in [-0.3, -0.25) is 0 Å². The average molecular weight is 299 g/mol. The molecule has 0 spiro atoms. The number of aliphatic hydroxyl groups excluding tert-OH is 1. The summed E-state index contributed by atoms with van der Waals surface area (Å²) in [6.07, 6.45) is 2.57. The van der Waals surface area contributed by atoms with Crippen LogP contribution in [0.2, 0.25) is 18.1 Å². The number of allylic oxidation sites excluding steroid dienone is 1. The Hall–Kier alpha value is -0.123. The van der Waals surface area contributed by atoms with Gasteiger partial charge >= 0.3 is 0 Å². The second-order valence-corrected chi connectivity index (χ2v) is 13.3. The zero-order valence-electron chi connectivity index (χ0n) is 14.5. The van der Waals surface area contributed by atoms with E-state index >= 15 is 0 Å². The Labute approximate surface area is 126 Å². The molecule has 0 radical (unpaired) electrons. The van der Waals surface area contributed by atoms with Gasteiger partial charge in [0.15, 0.2) is 8.32 Å². The first-order valence-corrected chi connectivity index (χ1v) is 10.8. The molecule has 0 aromatic rings. The van der Waals surface area contributed by atoms with Gasteiger partial charge in [-0.1, -0.05) is 46.8 Å². The van der Waals surface area contributed by atoms with Gasteiger partial charge in [0, 0.05) is 6.61 Å². The third kappa shape index (κ3) is 3.74. The molecule has 0 aromatic carbocycles. The van der Waals surface area contributed by atoms with E-state index in [4.69, 9.17) is 4.43 Å². The molecule has 0 saturated heterocycles. The van der Waals surface area contributed by atoms with Crippen molar-refractivity contribution in [2.24, 2.45) is 11.3 Å². The molecule has 1 aliphatic carbocycles. The lowest BCUT2D eigenvalue weighted by molar-refractivity contribution is -0.0126. The molecule has 1 N–H and O–H groups in total. The lowest BCUT2D eigenvalue weighted by Crippen LogP contribution is -2.44. The van der Waals surface area contributed by atoms with Gasteiger partial charge in [-0.2, -0.15) is 0 Å². The van der Waals surface area contributed by atoms with E-state index in [1.165, 1.54) is 5.57 Å². The topological polar surface area (TPSA) is 29.5 Å². The first-order chi connectivity index (χ1) is 8.89. The Kier molecular flexibility index (Phi) is 5.32. The van der Waals surface area contributed by atoms with Crippen molar-refractivity contribution in [2.45, 2.75) is 78.1 Å². The molecule has 20 heavy (non-hydrogen) atoms. The summed E-state index contributed by atoms with van der Waals surface area (Å²) in [6, 6.07) is 0. The van der Waals surface area contributed by atoms with Crippen molar-refractivity contribution in [3.8, 4) is 0 Å². The minimum Gasteiger partial charge on any atom is -0.417 e. The van der Waals surface area contributed by atoms with Gasteiger partial charge in [-0.15, -0.1) is 0 Å². The zero-order chi connectivity index (χ0) is 15.8. The molecule has 0 bridgehead atoms. The summed E-state index contributed by atoms with van der Waals surface area (Å²) >= 11 is 0. The van der Waals surface area contributed by atoms with Gasteiger partial charge in [-0.05, 0) is 48.7 Å². The maximum absolute atomic E-state index is 10.2. The normalized spacial score (nSPS) is 27.7. The number of hydrogen-bond acceptors (Lipinski definition) is 2. The van der Waals surface area contributed by atoms with Crippen LogP contribution in [0.5, 0.6) is 0 Å². The standard InChI is InChI=1S/C17H34O2Si/c1-13-9-10-15(18)17(5,6)14(13)11-12-19-20(7,8)16(2,3)4/h14-15,18H,1,9-12H2,2-8H3/t14-,15+/m1/s1. The molecule has 3 heteroatoms. The van der Waals surface area contributed by atoms with Crippen LogP contribution in [-0.4, -0.2) is 26.1 Å². The van der Waals surface area contributed by atoms with Crippen molar-refractivity contribution in [3.05, 3.63) is 12.2 Å². The highest BCUT2D eigenvalue weighted by Gasteiger charge is 2.42. The lowest BCUT2D eigenvalue weighted by Gasteiger charge is -2.45. The molecule has 2 atom stereocenters. The minimum atomic E-state index is -1.67. The van der Waals surface area contributed by atoms with Crippen molar-refractivity contribution in [2.75, 3.05) is 6.61 Å². The Bertz CT molecular complexity index is 352. The van der Waals surface area contributed by atoms with Gasteiger partial charge in [-0.25, -0.2) is 0 Å². The van der Waals surface area contributed by atoms with Crippen molar-refractivity contribution in [3.63, 3.8) is 0 Å². The van der Waals surface area contributed by atoms with Crippen LogP contribution < -0.4 is 0 Å². The predicted molar refractivity (Wildman–Crippen MR) is 89.4 cm³/mol. The third-order valence-corrected chi connectivity index (χ3v) is 10.2. The van der Waals surface area contributed by atoms with E-state index in [1.807, 2.05) is 0 Å². The van der Waals surface area contributed by atoms with Gasteiger partial charge in [0.2, 0.25) is 0 Å². The number of rotatable bonds is 4. The van der Waals surface area contributed by atoms with Crippen LogP contribution >= 0.6 is 0 Å². The number of aliphatic hydroxyl groups is 1. The van der Waals surface area contributed by atoms with E-state index in [9.17, 15) is 5.11 Å². The van der Waals surface area contributed by atoms with E-state index in [0.717, 1.165) is 25.9 Å². The van der Waals surface area contributed by atoms with Crippen LogP contribution in [0.15, 0.2) is 12.2 Å². The minimum absolute atomic E-state index is 0.0773. The molecule has 0 amide bonds. The van der Waals surface area contributed by atoms with Gasteiger partial charge in [0.1, 0.15) is 0 Å².